The molecule has 1 aromatic heterocycles. The van der Waals surface area contributed by atoms with E-state index in [0.29, 0.717) is 12.0 Å². The van der Waals surface area contributed by atoms with Crippen LogP contribution in [0.2, 0.25) is 0 Å². The van der Waals surface area contributed by atoms with Gasteiger partial charge in [-0.15, -0.1) is 11.3 Å². The molecule has 1 rings (SSSR count). The van der Waals surface area contributed by atoms with Gasteiger partial charge in [-0.05, 0) is 43.9 Å². The van der Waals surface area contributed by atoms with E-state index < -0.39 is 0 Å². The molecule has 0 spiro atoms. The molecule has 0 fully saturated rings. The number of aryl methyl sites for hydroxylation is 1. The number of hydrogen-bond donors (Lipinski definition) is 2. The van der Waals surface area contributed by atoms with Gasteiger partial charge in [-0.2, -0.15) is 0 Å². The summed E-state index contributed by atoms with van der Waals surface area (Å²) in [6.07, 6.45) is 2.42. The van der Waals surface area contributed by atoms with Crippen LogP contribution in [-0.4, -0.2) is 44.6 Å². The molecule has 5 heteroatoms. The molecule has 0 aromatic carbocycles. The zero-order chi connectivity index (χ0) is 16.5. The van der Waals surface area contributed by atoms with Crippen LogP contribution in [0.3, 0.4) is 0 Å². The average molecular weight is 325 g/mol. The van der Waals surface area contributed by atoms with Gasteiger partial charge in [0.2, 0.25) is 0 Å². The number of nitrogens with zero attached hydrogens (tertiary/aromatic N) is 2. The minimum Gasteiger partial charge on any atom is -0.355 e. The summed E-state index contributed by atoms with van der Waals surface area (Å²) in [5, 5.41) is 9.03. The molecule has 126 valence electrons. The van der Waals surface area contributed by atoms with Crippen LogP contribution in [-0.2, 0) is 6.54 Å². The lowest BCUT2D eigenvalue weighted by atomic mass is 9.93. The second kappa shape index (κ2) is 9.85. The van der Waals surface area contributed by atoms with Crippen LogP contribution in [0.4, 0.5) is 0 Å². The molecule has 22 heavy (non-hydrogen) atoms. The Bertz CT molecular complexity index is 449. The van der Waals surface area contributed by atoms with Gasteiger partial charge in [0.15, 0.2) is 5.96 Å². The summed E-state index contributed by atoms with van der Waals surface area (Å²) < 4.78 is 0. The summed E-state index contributed by atoms with van der Waals surface area (Å²) in [6.45, 7) is 8.46. The van der Waals surface area contributed by atoms with Crippen LogP contribution >= 0.6 is 11.3 Å². The Kier molecular flexibility index (Phi) is 8.49. The maximum absolute atomic E-state index is 4.34. The molecule has 0 aliphatic heterocycles. The Morgan fingerprint density at radius 2 is 1.95 bits per heavy atom. The maximum atomic E-state index is 4.34. The van der Waals surface area contributed by atoms with Gasteiger partial charge >= 0.3 is 0 Å². The summed E-state index contributed by atoms with van der Waals surface area (Å²) in [5.74, 6) is 1.59. The van der Waals surface area contributed by atoms with Crippen molar-refractivity contribution in [2.75, 3.05) is 27.7 Å². The number of aliphatic imine (C=N–C) groups is 1. The normalized spacial score (nSPS) is 13.7. The highest BCUT2D eigenvalue weighted by Gasteiger charge is 2.20. The molecular formula is C17H32N4S. The summed E-state index contributed by atoms with van der Waals surface area (Å²) in [6, 6.07) is 2.68. The molecule has 1 unspecified atom stereocenters. The molecule has 4 nitrogen and oxygen atoms in total. The number of guanidine groups is 1. The van der Waals surface area contributed by atoms with Crippen molar-refractivity contribution < 1.29 is 0 Å². The van der Waals surface area contributed by atoms with E-state index in [1.54, 1.807) is 11.3 Å². The van der Waals surface area contributed by atoms with Gasteiger partial charge in [0.05, 0.1) is 6.54 Å². The molecule has 0 saturated carbocycles. The first-order valence-electron chi connectivity index (χ1n) is 8.17. The van der Waals surface area contributed by atoms with Crippen LogP contribution in [0.1, 0.15) is 37.1 Å². The lowest BCUT2D eigenvalue weighted by Gasteiger charge is -2.32. The van der Waals surface area contributed by atoms with Crippen molar-refractivity contribution in [1.29, 1.82) is 0 Å². The predicted octanol–water partition coefficient (Wildman–Crippen LogP) is 3.09. The molecule has 0 amide bonds. The predicted molar refractivity (Wildman–Crippen MR) is 98.8 cm³/mol. The van der Waals surface area contributed by atoms with E-state index in [0.717, 1.165) is 19.0 Å². The Labute approximate surface area is 140 Å². The van der Waals surface area contributed by atoms with E-state index in [1.165, 1.54) is 23.3 Å². The second-order valence-corrected chi connectivity index (χ2v) is 6.94. The zero-order valence-electron chi connectivity index (χ0n) is 14.9. The fourth-order valence-electron chi connectivity index (χ4n) is 2.77. The van der Waals surface area contributed by atoms with Gasteiger partial charge in [-0.3, -0.25) is 4.99 Å². The number of hydrogen-bond acceptors (Lipinski definition) is 3. The van der Waals surface area contributed by atoms with E-state index in [1.807, 2.05) is 7.05 Å². The monoisotopic (exact) mass is 324 g/mol. The minimum absolute atomic E-state index is 0.525. The summed E-state index contributed by atoms with van der Waals surface area (Å²) in [4.78, 5) is 8.03. The second-order valence-electron chi connectivity index (χ2n) is 5.94. The minimum atomic E-state index is 0.525. The van der Waals surface area contributed by atoms with Gasteiger partial charge < -0.3 is 15.5 Å². The first-order chi connectivity index (χ1) is 10.5. The fraction of sp³-hybridized carbons (Fsp3) is 0.706. The van der Waals surface area contributed by atoms with Crippen molar-refractivity contribution in [3.05, 3.63) is 21.9 Å². The molecular weight excluding hydrogens is 292 g/mol. The average Bonchev–Trinajstić information content (AvgIpc) is 2.91. The zero-order valence-corrected chi connectivity index (χ0v) is 15.8. The SMILES string of the molecule is CCC(CC)C(CNC(=NC)NCc1sccc1C)N(C)C. The highest BCUT2D eigenvalue weighted by atomic mass is 32.1. The molecule has 0 radical (unpaired) electrons. The lowest BCUT2D eigenvalue weighted by molar-refractivity contribution is 0.200. The molecule has 0 aliphatic rings. The van der Waals surface area contributed by atoms with E-state index in [2.05, 4.69) is 66.8 Å². The number of rotatable bonds is 8. The molecule has 2 N–H and O–H groups in total. The fourth-order valence-corrected chi connectivity index (χ4v) is 3.62. The van der Waals surface area contributed by atoms with Crippen LogP contribution in [0.15, 0.2) is 16.4 Å². The largest absolute Gasteiger partial charge is 0.355 e. The van der Waals surface area contributed by atoms with Crippen molar-refractivity contribution in [3.8, 4) is 0 Å². The van der Waals surface area contributed by atoms with Gasteiger partial charge in [0, 0.05) is 24.5 Å². The van der Waals surface area contributed by atoms with Crippen molar-refractivity contribution >= 4 is 17.3 Å². The highest BCUT2D eigenvalue weighted by molar-refractivity contribution is 7.10. The summed E-state index contributed by atoms with van der Waals surface area (Å²) in [5.41, 5.74) is 1.34. The smallest absolute Gasteiger partial charge is 0.191 e. The summed E-state index contributed by atoms with van der Waals surface area (Å²) in [7, 11) is 6.16. The molecule has 1 atom stereocenters. The number of nitrogens with one attached hydrogen (secondary N) is 2. The molecule has 0 aliphatic carbocycles. The van der Waals surface area contributed by atoms with E-state index in [4.69, 9.17) is 0 Å². The van der Waals surface area contributed by atoms with Gasteiger partial charge in [-0.25, -0.2) is 0 Å². The number of thiophene rings is 1. The Balaban J connectivity index is 2.53. The van der Waals surface area contributed by atoms with Gasteiger partial charge in [0.25, 0.3) is 0 Å². The third kappa shape index (κ3) is 5.61. The third-order valence-corrected chi connectivity index (χ3v) is 5.37. The van der Waals surface area contributed by atoms with E-state index >= 15 is 0 Å². The van der Waals surface area contributed by atoms with Crippen molar-refractivity contribution in [1.82, 2.24) is 15.5 Å². The molecule has 1 heterocycles. The van der Waals surface area contributed by atoms with Crippen LogP contribution in [0, 0.1) is 12.8 Å². The third-order valence-electron chi connectivity index (χ3n) is 4.34. The first-order valence-corrected chi connectivity index (χ1v) is 9.05. The Morgan fingerprint density at radius 3 is 2.41 bits per heavy atom. The highest BCUT2D eigenvalue weighted by Crippen LogP contribution is 2.16. The Hall–Kier alpha value is -1.07. The number of likely N-dealkylation sites (N-methyl/N-ethyl adjacent to an activating group) is 1. The topological polar surface area (TPSA) is 39.7 Å². The standard InChI is InChI=1S/C17H32N4S/c1-7-14(8-2)15(21(5)6)11-19-17(18-4)20-12-16-13(3)9-10-22-16/h9-10,14-15H,7-8,11-12H2,1-6H3,(H2,18,19,20). The van der Waals surface area contributed by atoms with Crippen LogP contribution in [0.5, 0.6) is 0 Å². The van der Waals surface area contributed by atoms with E-state index in [-0.39, 0.29) is 0 Å². The van der Waals surface area contributed by atoms with Gasteiger partial charge in [0.1, 0.15) is 0 Å². The maximum Gasteiger partial charge on any atom is 0.191 e. The van der Waals surface area contributed by atoms with Gasteiger partial charge in [-0.1, -0.05) is 26.7 Å². The lowest BCUT2D eigenvalue weighted by Crippen LogP contribution is -2.47. The first kappa shape index (κ1) is 19.0. The molecule has 1 aromatic rings. The van der Waals surface area contributed by atoms with Crippen molar-refractivity contribution in [3.63, 3.8) is 0 Å². The van der Waals surface area contributed by atoms with Crippen molar-refractivity contribution in [2.24, 2.45) is 10.9 Å². The van der Waals surface area contributed by atoms with Crippen LogP contribution in [0.25, 0.3) is 0 Å². The Morgan fingerprint density at radius 1 is 1.27 bits per heavy atom. The van der Waals surface area contributed by atoms with Crippen LogP contribution < -0.4 is 10.6 Å². The van der Waals surface area contributed by atoms with E-state index in [9.17, 15) is 0 Å². The summed E-state index contributed by atoms with van der Waals surface area (Å²) >= 11 is 1.79. The quantitative estimate of drug-likeness (QED) is 0.570. The van der Waals surface area contributed by atoms with Crippen molar-refractivity contribution in [2.45, 2.75) is 46.2 Å². The molecule has 0 bridgehead atoms. The molecule has 0 saturated heterocycles.